The number of aliphatic carboxylic acids is 1. The molecule has 1 aromatic carbocycles. The number of carboxylic acid groups (broad SMARTS) is 1. The van der Waals surface area contributed by atoms with Gasteiger partial charge in [0.1, 0.15) is 5.41 Å². The number of carbonyl (C=O) groups is 1. The predicted octanol–water partition coefficient (Wildman–Crippen LogP) is 3.97. The van der Waals surface area contributed by atoms with Crippen molar-refractivity contribution in [2.75, 3.05) is 11.6 Å². The van der Waals surface area contributed by atoms with Crippen molar-refractivity contribution < 1.29 is 9.90 Å². The molecule has 2 aromatic rings. The fourth-order valence-electron chi connectivity index (χ4n) is 1.59. The van der Waals surface area contributed by atoms with Gasteiger partial charge in [-0.2, -0.15) is 0 Å². The van der Waals surface area contributed by atoms with Gasteiger partial charge in [0.2, 0.25) is 0 Å². The minimum absolute atomic E-state index is 0.569. The van der Waals surface area contributed by atoms with Gasteiger partial charge in [-0.15, -0.1) is 23.1 Å². The molecular formula is C14H16N2O2S2. The van der Waals surface area contributed by atoms with Gasteiger partial charge < -0.3 is 10.4 Å². The third-order valence-corrected chi connectivity index (χ3v) is 4.58. The van der Waals surface area contributed by atoms with Crippen molar-refractivity contribution in [2.45, 2.75) is 24.2 Å². The molecule has 2 rings (SSSR count). The van der Waals surface area contributed by atoms with E-state index in [-0.39, 0.29) is 0 Å². The molecule has 0 saturated carbocycles. The lowest BCUT2D eigenvalue weighted by atomic mass is 9.90. The number of thiazole rings is 1. The van der Waals surface area contributed by atoms with Crippen LogP contribution in [0, 0.1) is 0 Å². The number of nitrogens with zero attached hydrogens (tertiary/aromatic N) is 1. The smallest absolute Gasteiger partial charge is 0.315 e. The first-order valence-electron chi connectivity index (χ1n) is 6.04. The summed E-state index contributed by atoms with van der Waals surface area (Å²) in [6, 6.07) is 7.95. The Hall–Kier alpha value is -1.53. The number of aromatic nitrogens is 1. The Labute approximate surface area is 126 Å². The van der Waals surface area contributed by atoms with Gasteiger partial charge in [-0.1, -0.05) is 12.1 Å². The second-order valence-corrected chi connectivity index (χ2v) is 6.50. The molecular weight excluding hydrogens is 292 g/mol. The number of nitrogens with one attached hydrogen (secondary N) is 1. The van der Waals surface area contributed by atoms with Crippen LogP contribution in [0.2, 0.25) is 0 Å². The number of benzene rings is 1. The summed E-state index contributed by atoms with van der Waals surface area (Å²) >= 11 is 3.07. The molecule has 6 heteroatoms. The van der Waals surface area contributed by atoms with Gasteiger partial charge in [0.25, 0.3) is 0 Å². The van der Waals surface area contributed by atoms with E-state index in [0.29, 0.717) is 10.8 Å². The first kappa shape index (κ1) is 14.9. The maximum absolute atomic E-state index is 11.2. The van der Waals surface area contributed by atoms with Crippen LogP contribution in [0.25, 0.3) is 0 Å². The molecule has 0 atom stereocenters. The quantitative estimate of drug-likeness (QED) is 0.818. The Morgan fingerprint density at radius 3 is 2.75 bits per heavy atom. The molecule has 0 bridgehead atoms. The van der Waals surface area contributed by atoms with E-state index >= 15 is 0 Å². The molecule has 0 aliphatic heterocycles. The Morgan fingerprint density at radius 1 is 1.40 bits per heavy atom. The highest BCUT2D eigenvalue weighted by atomic mass is 32.2. The number of anilines is 2. The Bertz CT molecular complexity index is 623. The first-order chi connectivity index (χ1) is 9.45. The lowest BCUT2D eigenvalue weighted by molar-refractivity contribution is -0.142. The van der Waals surface area contributed by atoms with E-state index in [9.17, 15) is 9.90 Å². The van der Waals surface area contributed by atoms with Gasteiger partial charge in [0, 0.05) is 10.3 Å². The zero-order chi connectivity index (χ0) is 14.8. The van der Waals surface area contributed by atoms with Gasteiger partial charge in [-0.05, 0) is 32.2 Å². The second-order valence-electron chi connectivity index (χ2n) is 4.79. The summed E-state index contributed by atoms with van der Waals surface area (Å²) in [7, 11) is 0. The summed E-state index contributed by atoms with van der Waals surface area (Å²) in [5, 5.41) is 15.0. The van der Waals surface area contributed by atoms with Crippen LogP contribution in [0.4, 0.5) is 10.8 Å². The zero-order valence-corrected chi connectivity index (χ0v) is 13.1. The van der Waals surface area contributed by atoms with E-state index in [1.165, 1.54) is 11.3 Å². The van der Waals surface area contributed by atoms with Crippen molar-refractivity contribution in [1.82, 2.24) is 4.98 Å². The van der Waals surface area contributed by atoms with Crippen LogP contribution in [0.15, 0.2) is 34.5 Å². The third-order valence-electron chi connectivity index (χ3n) is 3.03. The van der Waals surface area contributed by atoms with Gasteiger partial charge >= 0.3 is 5.97 Å². The normalized spacial score (nSPS) is 11.3. The summed E-state index contributed by atoms with van der Waals surface area (Å²) in [4.78, 5) is 16.7. The highest BCUT2D eigenvalue weighted by Crippen LogP contribution is 2.32. The van der Waals surface area contributed by atoms with Crippen LogP contribution in [-0.4, -0.2) is 22.3 Å². The van der Waals surface area contributed by atoms with Crippen LogP contribution in [0.5, 0.6) is 0 Å². The summed E-state index contributed by atoms with van der Waals surface area (Å²) in [6.45, 7) is 3.31. The molecule has 0 aliphatic rings. The molecule has 4 nitrogen and oxygen atoms in total. The third kappa shape index (κ3) is 2.96. The number of carboxylic acids is 1. The van der Waals surface area contributed by atoms with Crippen molar-refractivity contribution in [2.24, 2.45) is 0 Å². The summed E-state index contributed by atoms with van der Waals surface area (Å²) in [6.07, 6.45) is 2.02. The topological polar surface area (TPSA) is 62.2 Å². The van der Waals surface area contributed by atoms with Gasteiger partial charge in [0.05, 0.1) is 11.4 Å². The molecule has 0 unspecified atom stereocenters. The average molecular weight is 308 g/mol. The van der Waals surface area contributed by atoms with E-state index in [0.717, 1.165) is 10.6 Å². The summed E-state index contributed by atoms with van der Waals surface area (Å²) in [5.41, 5.74) is 0.572. The lowest BCUT2D eigenvalue weighted by Gasteiger charge is -2.15. The molecule has 0 amide bonds. The van der Waals surface area contributed by atoms with Crippen molar-refractivity contribution in [3.05, 3.63) is 35.3 Å². The number of thioether (sulfide) groups is 1. The number of para-hydroxylation sites is 1. The molecule has 106 valence electrons. The molecule has 1 aromatic heterocycles. The minimum Gasteiger partial charge on any atom is -0.481 e. The largest absolute Gasteiger partial charge is 0.481 e. The summed E-state index contributed by atoms with van der Waals surface area (Å²) in [5.74, 6) is -0.876. The SMILES string of the molecule is CSc1ccccc1Nc1nc(C(C)(C)C(=O)O)cs1. The second kappa shape index (κ2) is 5.85. The zero-order valence-electron chi connectivity index (χ0n) is 11.5. The first-order valence-corrected chi connectivity index (χ1v) is 8.15. The lowest BCUT2D eigenvalue weighted by Crippen LogP contribution is -2.28. The van der Waals surface area contributed by atoms with Crippen LogP contribution in [0.1, 0.15) is 19.5 Å². The molecule has 0 spiro atoms. The number of rotatable bonds is 5. The van der Waals surface area contributed by atoms with E-state index in [1.54, 1.807) is 31.0 Å². The molecule has 1 heterocycles. The van der Waals surface area contributed by atoms with Crippen LogP contribution in [0.3, 0.4) is 0 Å². The maximum atomic E-state index is 11.2. The van der Waals surface area contributed by atoms with E-state index in [1.807, 2.05) is 30.5 Å². The summed E-state index contributed by atoms with van der Waals surface area (Å²) < 4.78 is 0. The predicted molar refractivity (Wildman–Crippen MR) is 84.3 cm³/mol. The molecule has 0 saturated heterocycles. The maximum Gasteiger partial charge on any atom is 0.315 e. The Kier molecular flexibility index (Phi) is 4.35. The Balaban J connectivity index is 2.24. The van der Waals surface area contributed by atoms with Gasteiger partial charge in [-0.25, -0.2) is 4.98 Å². The average Bonchev–Trinajstić information content (AvgIpc) is 2.88. The number of hydrogen-bond acceptors (Lipinski definition) is 5. The highest BCUT2D eigenvalue weighted by molar-refractivity contribution is 7.98. The van der Waals surface area contributed by atoms with Crippen LogP contribution >= 0.6 is 23.1 Å². The molecule has 0 aliphatic carbocycles. The van der Waals surface area contributed by atoms with Crippen molar-refractivity contribution >= 4 is 39.9 Å². The van der Waals surface area contributed by atoms with Crippen LogP contribution in [-0.2, 0) is 10.2 Å². The van der Waals surface area contributed by atoms with Crippen molar-refractivity contribution in [3.8, 4) is 0 Å². The van der Waals surface area contributed by atoms with Gasteiger partial charge in [0.15, 0.2) is 5.13 Å². The fourth-order valence-corrected chi connectivity index (χ4v) is 3.04. The standard InChI is InChI=1S/C14H16N2O2S2/c1-14(2,12(17)18)11-8-20-13(16-11)15-9-6-4-5-7-10(9)19-3/h4-8H,1-3H3,(H,15,16)(H,17,18). The van der Waals surface area contributed by atoms with Crippen molar-refractivity contribution in [3.63, 3.8) is 0 Å². The van der Waals surface area contributed by atoms with Crippen LogP contribution < -0.4 is 5.32 Å². The van der Waals surface area contributed by atoms with E-state index in [4.69, 9.17) is 0 Å². The molecule has 20 heavy (non-hydrogen) atoms. The molecule has 0 fully saturated rings. The Morgan fingerprint density at radius 2 is 2.10 bits per heavy atom. The minimum atomic E-state index is -0.977. The molecule has 0 radical (unpaired) electrons. The molecule has 2 N–H and O–H groups in total. The van der Waals surface area contributed by atoms with Crippen molar-refractivity contribution in [1.29, 1.82) is 0 Å². The number of hydrogen-bond donors (Lipinski definition) is 2. The fraction of sp³-hybridized carbons (Fsp3) is 0.286. The van der Waals surface area contributed by atoms with E-state index in [2.05, 4.69) is 10.3 Å². The van der Waals surface area contributed by atoms with E-state index < -0.39 is 11.4 Å². The van der Waals surface area contributed by atoms with Gasteiger partial charge in [-0.3, -0.25) is 4.79 Å². The monoisotopic (exact) mass is 308 g/mol. The highest BCUT2D eigenvalue weighted by Gasteiger charge is 2.32.